The number of ketones is 1. The summed E-state index contributed by atoms with van der Waals surface area (Å²) in [6.45, 7) is 7.39. The fourth-order valence-electron chi connectivity index (χ4n) is 4.75. The summed E-state index contributed by atoms with van der Waals surface area (Å²) in [6.07, 6.45) is 2.70. The number of aryl methyl sites for hydroxylation is 1. The van der Waals surface area contributed by atoms with E-state index in [0.717, 1.165) is 16.7 Å². The van der Waals surface area contributed by atoms with E-state index in [-0.39, 0.29) is 26.0 Å². The molecular weight excluding hydrogens is 580 g/mol. The lowest BCUT2D eigenvalue weighted by Gasteiger charge is -2.37. The molecular formula is C29H48N4O9S. The van der Waals surface area contributed by atoms with E-state index in [1.54, 1.807) is 27.7 Å². The molecule has 1 saturated heterocycles. The van der Waals surface area contributed by atoms with Gasteiger partial charge >= 0.3 is 18.0 Å². The van der Waals surface area contributed by atoms with Crippen LogP contribution in [0.4, 0.5) is 4.79 Å². The number of amides is 1. The maximum atomic E-state index is 14.1. The number of nitrogens with one attached hydrogen (secondary N) is 1. The summed E-state index contributed by atoms with van der Waals surface area (Å²) in [5, 5.41) is 17.8. The molecule has 13 nitrogen and oxygen atoms in total. The molecule has 1 amide bonds. The van der Waals surface area contributed by atoms with E-state index >= 15 is 0 Å². The van der Waals surface area contributed by atoms with Crippen LogP contribution in [0.3, 0.4) is 0 Å². The van der Waals surface area contributed by atoms with E-state index in [4.69, 9.17) is 15.2 Å². The van der Waals surface area contributed by atoms with Crippen LogP contribution < -0.4 is 16.2 Å². The first-order chi connectivity index (χ1) is 20.0. The maximum absolute atomic E-state index is 14.1. The highest BCUT2D eigenvalue weighted by Crippen LogP contribution is 2.34. The van der Waals surface area contributed by atoms with Gasteiger partial charge in [0.1, 0.15) is 11.6 Å². The number of carbonyl (C=O) groups excluding carboxylic acids is 3. The second-order valence-corrected chi connectivity index (χ2v) is 13.1. The molecule has 0 radical (unpaired) electrons. The van der Waals surface area contributed by atoms with Crippen LogP contribution in [-0.4, -0.2) is 91.4 Å². The predicted octanol–water partition coefficient (Wildman–Crippen LogP) is 1.97. The Kier molecular flexibility index (Phi) is 15.3. The lowest BCUT2D eigenvalue weighted by Crippen LogP contribution is -2.64. The minimum absolute atomic E-state index is 0.0381. The van der Waals surface area contributed by atoms with Crippen molar-refractivity contribution in [1.29, 1.82) is 0 Å². The Hall–Kier alpha value is -3.07. The van der Waals surface area contributed by atoms with Gasteiger partial charge in [0.2, 0.25) is 15.6 Å². The third-order valence-corrected chi connectivity index (χ3v) is 6.56. The molecule has 1 aromatic carbocycles. The van der Waals surface area contributed by atoms with Crippen LogP contribution in [0.2, 0.25) is 0 Å². The van der Waals surface area contributed by atoms with Crippen molar-refractivity contribution < 1.29 is 42.2 Å². The lowest BCUT2D eigenvalue weighted by molar-refractivity contribution is -0.156. The largest absolute Gasteiger partial charge is 0.479 e. The predicted molar refractivity (Wildman–Crippen MR) is 162 cm³/mol. The minimum Gasteiger partial charge on any atom is -0.479 e. The highest BCUT2D eigenvalue weighted by atomic mass is 32.2. The molecule has 3 atom stereocenters. The standard InChI is InChI=1S/C28H43N3O7.CH5NO2S/c1-5-37-24(33)22(16-15-20-12-7-6-8-13-20)30-21(14-9-10-18-29)23(32)28(25(34)35)17-11-19-31(28)26(36)38-27(2,3)4;1-5(2,3)4/h6-8,12-13,21-22,30H,5,9-11,14-19,29H2,1-4H3,(H,34,35);1H3,(H2,2,3,4)/t21-,22?,28+;/m0./s1. The Bertz CT molecular complexity index is 1160. The van der Waals surface area contributed by atoms with E-state index in [1.165, 1.54) is 0 Å². The van der Waals surface area contributed by atoms with Gasteiger partial charge in [-0.1, -0.05) is 36.8 Å². The molecule has 6 N–H and O–H groups in total. The van der Waals surface area contributed by atoms with Crippen LogP contribution in [0, 0.1) is 0 Å². The molecule has 14 heteroatoms. The molecule has 1 heterocycles. The Morgan fingerprint density at radius 1 is 1.09 bits per heavy atom. The monoisotopic (exact) mass is 628 g/mol. The van der Waals surface area contributed by atoms with Crippen LogP contribution in [-0.2, 0) is 40.3 Å². The molecule has 43 heavy (non-hydrogen) atoms. The summed E-state index contributed by atoms with van der Waals surface area (Å²) < 4.78 is 29.6. The number of ether oxygens (including phenoxy) is 2. The van der Waals surface area contributed by atoms with Gasteiger partial charge in [-0.25, -0.2) is 23.1 Å². The highest BCUT2D eigenvalue weighted by Gasteiger charge is 2.58. The molecule has 1 aliphatic rings. The first kappa shape index (κ1) is 38.0. The number of aliphatic carboxylic acids is 1. The van der Waals surface area contributed by atoms with Crippen LogP contribution in [0.1, 0.15) is 71.8 Å². The van der Waals surface area contributed by atoms with Crippen LogP contribution in [0.25, 0.3) is 0 Å². The van der Waals surface area contributed by atoms with Gasteiger partial charge in [-0.3, -0.25) is 19.8 Å². The van der Waals surface area contributed by atoms with Crippen molar-refractivity contribution in [2.24, 2.45) is 10.9 Å². The van der Waals surface area contributed by atoms with Gasteiger partial charge in [-0.05, 0) is 78.3 Å². The van der Waals surface area contributed by atoms with E-state index in [0.29, 0.717) is 38.6 Å². The number of Topliss-reactive ketones (excluding diaryl/α,β-unsaturated/α-hetero) is 1. The van der Waals surface area contributed by atoms with Crippen molar-refractivity contribution in [1.82, 2.24) is 10.2 Å². The Balaban J connectivity index is 0.00000170. The van der Waals surface area contributed by atoms with Crippen LogP contribution in [0.15, 0.2) is 30.3 Å². The van der Waals surface area contributed by atoms with Crippen molar-refractivity contribution >= 4 is 33.8 Å². The number of primary sulfonamides is 1. The molecule has 0 spiro atoms. The summed E-state index contributed by atoms with van der Waals surface area (Å²) in [6, 6.07) is 7.76. The van der Waals surface area contributed by atoms with Gasteiger partial charge in [0, 0.05) is 6.54 Å². The van der Waals surface area contributed by atoms with Gasteiger partial charge in [0.15, 0.2) is 5.78 Å². The molecule has 0 aromatic heterocycles. The zero-order valence-corrected chi connectivity index (χ0v) is 26.7. The Morgan fingerprint density at radius 3 is 2.21 bits per heavy atom. The molecule has 1 fully saturated rings. The van der Waals surface area contributed by atoms with Gasteiger partial charge in [0.25, 0.3) is 0 Å². The number of esters is 1. The number of nitrogens with zero attached hydrogens (tertiary/aromatic N) is 1. The third kappa shape index (κ3) is 13.0. The molecule has 1 aliphatic heterocycles. The molecule has 1 unspecified atom stereocenters. The topological polar surface area (TPSA) is 208 Å². The molecule has 1 aromatic rings. The zero-order valence-electron chi connectivity index (χ0n) is 25.8. The van der Waals surface area contributed by atoms with Crippen molar-refractivity contribution in [3.63, 3.8) is 0 Å². The zero-order chi connectivity index (χ0) is 32.8. The quantitative estimate of drug-likeness (QED) is 0.133. The molecule has 2 rings (SSSR count). The summed E-state index contributed by atoms with van der Waals surface area (Å²) in [5.41, 5.74) is 3.72. The number of hydrogen-bond donors (Lipinski definition) is 4. The Labute approximate surface area is 254 Å². The van der Waals surface area contributed by atoms with Gasteiger partial charge < -0.3 is 20.3 Å². The smallest absolute Gasteiger partial charge is 0.411 e. The van der Waals surface area contributed by atoms with Gasteiger partial charge in [-0.2, -0.15) is 0 Å². The average molecular weight is 629 g/mol. The van der Waals surface area contributed by atoms with E-state index in [9.17, 15) is 32.7 Å². The summed E-state index contributed by atoms with van der Waals surface area (Å²) in [7, 11) is -3.17. The number of rotatable bonds is 14. The number of hydrogen-bond acceptors (Lipinski definition) is 10. The number of carbonyl (C=O) groups is 4. The summed E-state index contributed by atoms with van der Waals surface area (Å²) in [5.74, 6) is -2.59. The van der Waals surface area contributed by atoms with E-state index < -0.39 is 57.1 Å². The van der Waals surface area contributed by atoms with Crippen LogP contribution in [0.5, 0.6) is 0 Å². The number of benzene rings is 1. The van der Waals surface area contributed by atoms with Gasteiger partial charge in [-0.15, -0.1) is 0 Å². The Morgan fingerprint density at radius 2 is 1.70 bits per heavy atom. The van der Waals surface area contributed by atoms with Crippen LogP contribution >= 0.6 is 0 Å². The minimum atomic E-state index is -3.17. The fraction of sp³-hybridized carbons (Fsp3) is 0.655. The first-order valence-electron chi connectivity index (χ1n) is 14.4. The average Bonchev–Trinajstić information content (AvgIpc) is 3.35. The summed E-state index contributed by atoms with van der Waals surface area (Å²) >= 11 is 0. The number of likely N-dealkylation sites (tertiary alicyclic amines) is 1. The number of carboxylic acids is 1. The number of nitrogens with two attached hydrogens (primary N) is 2. The van der Waals surface area contributed by atoms with Crippen molar-refractivity contribution in [3.05, 3.63) is 35.9 Å². The van der Waals surface area contributed by atoms with Crippen molar-refractivity contribution in [2.45, 2.75) is 95.9 Å². The normalized spacial score (nSPS) is 18.2. The van der Waals surface area contributed by atoms with Gasteiger partial charge in [0.05, 0.1) is 18.9 Å². The fourth-order valence-corrected chi connectivity index (χ4v) is 4.75. The van der Waals surface area contributed by atoms with E-state index in [1.807, 2.05) is 30.3 Å². The molecule has 0 aliphatic carbocycles. The first-order valence-corrected chi connectivity index (χ1v) is 16.3. The second kappa shape index (κ2) is 17.3. The number of carboxylic acid groups (broad SMARTS) is 1. The molecule has 244 valence electrons. The van der Waals surface area contributed by atoms with E-state index in [2.05, 4.69) is 10.5 Å². The number of sulfonamides is 1. The molecule has 0 saturated carbocycles. The highest BCUT2D eigenvalue weighted by molar-refractivity contribution is 7.88. The number of unbranched alkanes of at least 4 members (excludes halogenated alkanes) is 1. The lowest BCUT2D eigenvalue weighted by atomic mass is 9.84. The maximum Gasteiger partial charge on any atom is 0.411 e. The van der Waals surface area contributed by atoms with Crippen molar-refractivity contribution in [3.8, 4) is 0 Å². The molecule has 0 bridgehead atoms. The SMILES string of the molecule is CCOC(=O)C(CCc1ccccc1)N[C@@H](CCCCN)C(=O)[C@@]1(C(=O)O)CCCN1C(=O)OC(C)(C)C.CS(N)(=O)=O. The second-order valence-electron chi connectivity index (χ2n) is 11.4. The van der Waals surface area contributed by atoms with Crippen molar-refractivity contribution in [2.75, 3.05) is 26.0 Å². The summed E-state index contributed by atoms with van der Waals surface area (Å²) in [4.78, 5) is 53.8. The third-order valence-electron chi connectivity index (χ3n) is 6.56.